The molecule has 0 saturated heterocycles. The average molecular weight is 452 g/mol. The molecule has 7 nitrogen and oxygen atoms in total. The summed E-state index contributed by atoms with van der Waals surface area (Å²) < 4.78 is 7.70. The number of anilines is 1. The van der Waals surface area contributed by atoms with E-state index in [2.05, 4.69) is 28.7 Å². The van der Waals surface area contributed by atoms with Gasteiger partial charge in [-0.15, -0.1) is 6.42 Å². The second-order valence-electron chi connectivity index (χ2n) is 8.19. The molecule has 7 heteroatoms. The number of fused-ring (bicyclic) bond motifs is 2. The lowest BCUT2D eigenvalue weighted by Gasteiger charge is -2.21. The zero-order valence-corrected chi connectivity index (χ0v) is 19.0. The topological polar surface area (TPSA) is 81.1 Å². The van der Waals surface area contributed by atoms with E-state index in [0.29, 0.717) is 31.3 Å². The van der Waals surface area contributed by atoms with Crippen LogP contribution in [0.15, 0.2) is 54.6 Å². The number of carbonyl (C=O) groups excluding carboxylic acids is 1. The van der Waals surface area contributed by atoms with E-state index < -0.39 is 0 Å². The van der Waals surface area contributed by atoms with Crippen LogP contribution in [0.3, 0.4) is 0 Å². The second kappa shape index (κ2) is 9.38. The molecule has 0 radical (unpaired) electrons. The summed E-state index contributed by atoms with van der Waals surface area (Å²) in [5, 5.41) is 7.07. The van der Waals surface area contributed by atoms with Gasteiger partial charge in [-0.2, -0.15) is 4.98 Å². The summed E-state index contributed by atoms with van der Waals surface area (Å²) in [5.41, 5.74) is 5.52. The third-order valence-electron chi connectivity index (χ3n) is 5.94. The summed E-state index contributed by atoms with van der Waals surface area (Å²) in [6.45, 7) is 3.94. The monoisotopic (exact) mass is 451 g/mol. The number of carbonyl (C=O) groups is 1. The minimum atomic E-state index is -0.200. The van der Waals surface area contributed by atoms with Gasteiger partial charge in [0.15, 0.2) is 0 Å². The van der Waals surface area contributed by atoms with Gasteiger partial charge in [0.2, 0.25) is 5.95 Å². The van der Waals surface area contributed by atoms with Crippen molar-refractivity contribution in [2.45, 2.75) is 26.5 Å². The molecule has 1 amide bonds. The van der Waals surface area contributed by atoms with Crippen molar-refractivity contribution >= 4 is 22.6 Å². The van der Waals surface area contributed by atoms with Crippen molar-refractivity contribution in [1.82, 2.24) is 19.9 Å². The van der Waals surface area contributed by atoms with Gasteiger partial charge in [-0.05, 0) is 30.7 Å². The van der Waals surface area contributed by atoms with E-state index in [1.165, 1.54) is 5.56 Å². The molecule has 0 saturated carbocycles. The Labute approximate surface area is 198 Å². The summed E-state index contributed by atoms with van der Waals surface area (Å²) in [4.78, 5) is 22.5. The Morgan fingerprint density at radius 3 is 2.85 bits per heavy atom. The van der Waals surface area contributed by atoms with E-state index in [-0.39, 0.29) is 12.5 Å². The smallest absolute Gasteiger partial charge is 0.252 e. The van der Waals surface area contributed by atoms with Crippen molar-refractivity contribution in [1.29, 1.82) is 0 Å². The Bertz CT molecular complexity index is 1400. The van der Waals surface area contributed by atoms with Crippen LogP contribution in [0.1, 0.15) is 32.9 Å². The van der Waals surface area contributed by atoms with E-state index >= 15 is 0 Å². The fourth-order valence-corrected chi connectivity index (χ4v) is 4.30. The third kappa shape index (κ3) is 4.12. The van der Waals surface area contributed by atoms with Gasteiger partial charge in [0.1, 0.15) is 5.82 Å². The van der Waals surface area contributed by atoms with Gasteiger partial charge in [0, 0.05) is 35.2 Å². The quantitative estimate of drug-likeness (QED) is 0.436. The minimum Gasteiger partial charge on any atom is -0.376 e. The summed E-state index contributed by atoms with van der Waals surface area (Å²) in [6.07, 6.45) is 6.03. The number of amides is 1. The molecule has 0 unspecified atom stereocenters. The highest BCUT2D eigenvalue weighted by molar-refractivity contribution is 6.07. The number of hydrogen-bond acceptors (Lipinski definition) is 5. The lowest BCUT2D eigenvalue weighted by atomic mass is 10.1. The zero-order chi connectivity index (χ0) is 23.5. The lowest BCUT2D eigenvalue weighted by molar-refractivity contribution is 0.0960. The van der Waals surface area contributed by atoms with Crippen molar-refractivity contribution in [2.75, 3.05) is 18.5 Å². The Morgan fingerprint density at radius 1 is 1.18 bits per heavy atom. The molecule has 0 spiro atoms. The molecular weight excluding hydrogens is 426 g/mol. The van der Waals surface area contributed by atoms with Gasteiger partial charge >= 0.3 is 0 Å². The van der Waals surface area contributed by atoms with E-state index in [1.54, 1.807) is 6.07 Å². The molecule has 2 aromatic carbocycles. The highest BCUT2D eigenvalue weighted by Crippen LogP contribution is 2.29. The summed E-state index contributed by atoms with van der Waals surface area (Å²) >= 11 is 0. The predicted molar refractivity (Wildman–Crippen MR) is 132 cm³/mol. The van der Waals surface area contributed by atoms with Gasteiger partial charge < -0.3 is 15.4 Å². The zero-order valence-electron chi connectivity index (χ0n) is 19.0. The maximum atomic E-state index is 12.7. The fourth-order valence-electron chi connectivity index (χ4n) is 4.30. The van der Waals surface area contributed by atoms with Gasteiger partial charge in [-0.3, -0.25) is 9.36 Å². The standard InChI is InChI=1S/C27H25N5O2/c1-3-13-28-26(33)20-10-7-11-24-21(20)15-18(2)32(24)27-30-23-12-14-34-17-22(23)25(31-27)29-16-19-8-5-4-6-9-19/h1,4-11,15H,12-14,16-17H2,2H3,(H,28,33)(H,29,30,31). The third-order valence-corrected chi connectivity index (χ3v) is 5.94. The van der Waals surface area contributed by atoms with Crippen LogP contribution >= 0.6 is 0 Å². The van der Waals surface area contributed by atoms with Crippen LogP contribution in [0.4, 0.5) is 5.82 Å². The summed E-state index contributed by atoms with van der Waals surface area (Å²) in [7, 11) is 0. The number of nitrogens with zero attached hydrogens (tertiary/aromatic N) is 3. The number of hydrogen-bond donors (Lipinski definition) is 2. The van der Waals surface area contributed by atoms with Crippen molar-refractivity contribution < 1.29 is 9.53 Å². The van der Waals surface area contributed by atoms with Crippen LogP contribution in [0.25, 0.3) is 16.9 Å². The molecule has 2 N–H and O–H groups in total. The molecular formula is C27H25N5O2. The van der Waals surface area contributed by atoms with Gasteiger partial charge in [-0.1, -0.05) is 42.3 Å². The summed E-state index contributed by atoms with van der Waals surface area (Å²) in [5.74, 6) is 3.59. The Hall–Kier alpha value is -4.15. The molecule has 0 atom stereocenters. The number of terminal acetylenes is 1. The van der Waals surface area contributed by atoms with E-state index in [1.807, 2.05) is 47.9 Å². The molecule has 5 rings (SSSR count). The first-order valence-corrected chi connectivity index (χ1v) is 11.2. The molecule has 0 fully saturated rings. The normalized spacial score (nSPS) is 12.7. The first-order chi connectivity index (χ1) is 16.7. The van der Waals surface area contributed by atoms with Crippen molar-refractivity contribution in [3.05, 3.63) is 82.7 Å². The first-order valence-electron chi connectivity index (χ1n) is 11.2. The SMILES string of the molecule is C#CCNC(=O)c1cccc2c1cc(C)n2-c1nc2c(c(NCc3ccccc3)n1)COCC2. The number of benzene rings is 2. The average Bonchev–Trinajstić information content (AvgIpc) is 3.22. The second-order valence-corrected chi connectivity index (χ2v) is 8.19. The largest absolute Gasteiger partial charge is 0.376 e. The molecule has 4 aromatic rings. The summed E-state index contributed by atoms with van der Waals surface area (Å²) in [6, 6.07) is 17.8. The van der Waals surface area contributed by atoms with Crippen LogP contribution in [-0.2, 0) is 24.3 Å². The highest BCUT2D eigenvalue weighted by Gasteiger charge is 2.22. The van der Waals surface area contributed by atoms with Crippen LogP contribution in [-0.4, -0.2) is 33.6 Å². The van der Waals surface area contributed by atoms with Crippen molar-refractivity contribution in [2.24, 2.45) is 0 Å². The predicted octanol–water partition coefficient (Wildman–Crippen LogP) is 3.78. The Balaban J connectivity index is 1.58. The fraction of sp³-hybridized carbons (Fsp3) is 0.222. The number of aromatic nitrogens is 3. The van der Waals surface area contributed by atoms with Crippen molar-refractivity contribution in [3.63, 3.8) is 0 Å². The first kappa shape index (κ1) is 21.7. The van der Waals surface area contributed by atoms with Gasteiger partial charge in [-0.25, -0.2) is 4.98 Å². The maximum Gasteiger partial charge on any atom is 0.252 e. The molecule has 170 valence electrons. The van der Waals surface area contributed by atoms with Crippen LogP contribution in [0, 0.1) is 19.3 Å². The molecule has 3 heterocycles. The maximum absolute atomic E-state index is 12.7. The van der Waals surface area contributed by atoms with E-state index in [4.69, 9.17) is 21.1 Å². The minimum absolute atomic E-state index is 0.182. The molecule has 0 aliphatic carbocycles. The molecule has 34 heavy (non-hydrogen) atoms. The molecule has 1 aliphatic heterocycles. The van der Waals surface area contributed by atoms with E-state index in [9.17, 15) is 4.79 Å². The van der Waals surface area contributed by atoms with E-state index in [0.717, 1.165) is 40.1 Å². The van der Waals surface area contributed by atoms with Crippen LogP contribution in [0.2, 0.25) is 0 Å². The Kier molecular flexibility index (Phi) is 5.98. The van der Waals surface area contributed by atoms with Gasteiger partial charge in [0.05, 0.1) is 31.0 Å². The lowest BCUT2D eigenvalue weighted by Crippen LogP contribution is -2.23. The number of aryl methyl sites for hydroxylation is 1. The van der Waals surface area contributed by atoms with Crippen LogP contribution < -0.4 is 10.6 Å². The number of rotatable bonds is 6. The number of nitrogens with one attached hydrogen (secondary N) is 2. The highest BCUT2D eigenvalue weighted by atomic mass is 16.5. The molecule has 1 aliphatic rings. The van der Waals surface area contributed by atoms with Gasteiger partial charge in [0.25, 0.3) is 5.91 Å². The molecule has 0 bridgehead atoms. The Morgan fingerprint density at radius 2 is 2.03 bits per heavy atom. The van der Waals surface area contributed by atoms with Crippen LogP contribution in [0.5, 0.6) is 0 Å². The number of ether oxygens (including phenoxy) is 1. The van der Waals surface area contributed by atoms with Crippen molar-refractivity contribution in [3.8, 4) is 18.3 Å². The molecule has 2 aromatic heterocycles.